The van der Waals surface area contributed by atoms with Crippen LogP contribution in [0.3, 0.4) is 0 Å². The van der Waals surface area contributed by atoms with Crippen molar-refractivity contribution < 1.29 is 14.7 Å². The minimum Gasteiger partial charge on any atom is -0.480 e. The first-order chi connectivity index (χ1) is 8.33. The van der Waals surface area contributed by atoms with Gasteiger partial charge >= 0.3 is 12.0 Å². The normalized spacial score (nSPS) is 14.1. The van der Waals surface area contributed by atoms with Gasteiger partial charge in [-0.3, -0.25) is 4.79 Å². The average molecular weight is 258 g/mol. The van der Waals surface area contributed by atoms with E-state index in [4.69, 9.17) is 5.11 Å². The third-order valence-corrected chi connectivity index (χ3v) is 3.24. The maximum absolute atomic E-state index is 12.1. The second kappa shape index (κ2) is 7.95. The second-order valence-corrected chi connectivity index (χ2v) is 4.99. The van der Waals surface area contributed by atoms with Crippen molar-refractivity contribution in [2.24, 2.45) is 5.92 Å². The zero-order valence-corrected chi connectivity index (χ0v) is 12.1. The summed E-state index contributed by atoms with van der Waals surface area (Å²) in [5, 5.41) is 11.8. The summed E-state index contributed by atoms with van der Waals surface area (Å²) in [5.74, 6) is -0.648. The number of urea groups is 1. The summed E-state index contributed by atoms with van der Waals surface area (Å²) in [6.07, 6.45) is 1.57. The van der Waals surface area contributed by atoms with E-state index < -0.39 is 5.97 Å². The average Bonchev–Trinajstić information content (AvgIpc) is 2.30. The van der Waals surface area contributed by atoms with Gasteiger partial charge in [-0.15, -0.1) is 0 Å². The van der Waals surface area contributed by atoms with E-state index >= 15 is 0 Å². The predicted molar refractivity (Wildman–Crippen MR) is 71.5 cm³/mol. The lowest BCUT2D eigenvalue weighted by atomic mass is 10.0. The molecule has 0 aliphatic heterocycles. The molecule has 0 aliphatic carbocycles. The fourth-order valence-corrected chi connectivity index (χ4v) is 1.78. The van der Waals surface area contributed by atoms with Gasteiger partial charge in [-0.2, -0.15) is 0 Å². The van der Waals surface area contributed by atoms with Gasteiger partial charge in [-0.05, 0) is 25.7 Å². The quantitative estimate of drug-likeness (QED) is 0.736. The smallest absolute Gasteiger partial charge is 0.323 e. The molecule has 0 bridgehead atoms. The molecule has 2 unspecified atom stereocenters. The van der Waals surface area contributed by atoms with Gasteiger partial charge in [-0.1, -0.05) is 27.7 Å². The maximum Gasteiger partial charge on any atom is 0.323 e. The minimum absolute atomic E-state index is 0.0780. The molecule has 0 aliphatic rings. The highest BCUT2D eigenvalue weighted by Gasteiger charge is 2.24. The largest absolute Gasteiger partial charge is 0.480 e. The van der Waals surface area contributed by atoms with Gasteiger partial charge in [0.25, 0.3) is 0 Å². The monoisotopic (exact) mass is 258 g/mol. The molecule has 0 spiro atoms. The highest BCUT2D eigenvalue weighted by Crippen LogP contribution is 2.09. The SMILES string of the molecule is CCC(NC(=O)N(CC(=O)O)C(C)CC)C(C)C. The molecule has 2 atom stereocenters. The van der Waals surface area contributed by atoms with E-state index in [1.807, 2.05) is 34.6 Å². The van der Waals surface area contributed by atoms with Crippen LogP contribution in [0.25, 0.3) is 0 Å². The summed E-state index contributed by atoms with van der Waals surface area (Å²) in [6, 6.07) is -0.282. The van der Waals surface area contributed by atoms with Gasteiger partial charge < -0.3 is 15.3 Å². The van der Waals surface area contributed by atoms with Crippen molar-refractivity contribution in [1.29, 1.82) is 0 Å². The Bertz CT molecular complexity index is 279. The van der Waals surface area contributed by atoms with Crippen molar-refractivity contribution in [1.82, 2.24) is 10.2 Å². The summed E-state index contributed by atoms with van der Waals surface area (Å²) in [4.78, 5) is 24.3. The molecule has 106 valence electrons. The Hall–Kier alpha value is -1.26. The zero-order chi connectivity index (χ0) is 14.3. The van der Waals surface area contributed by atoms with E-state index in [0.717, 1.165) is 12.8 Å². The van der Waals surface area contributed by atoms with Crippen LogP contribution >= 0.6 is 0 Å². The summed E-state index contributed by atoms with van der Waals surface area (Å²) >= 11 is 0. The number of carboxylic acids is 1. The van der Waals surface area contributed by atoms with Crippen LogP contribution < -0.4 is 5.32 Å². The molecule has 0 saturated carbocycles. The molecule has 2 N–H and O–H groups in total. The number of amides is 2. The fraction of sp³-hybridized carbons (Fsp3) is 0.846. The van der Waals surface area contributed by atoms with Crippen molar-refractivity contribution in [2.75, 3.05) is 6.54 Å². The van der Waals surface area contributed by atoms with E-state index in [1.165, 1.54) is 4.90 Å². The number of rotatable bonds is 7. The molecular weight excluding hydrogens is 232 g/mol. The van der Waals surface area contributed by atoms with E-state index in [1.54, 1.807) is 0 Å². The van der Waals surface area contributed by atoms with Crippen molar-refractivity contribution >= 4 is 12.0 Å². The Morgan fingerprint density at radius 3 is 2.06 bits per heavy atom. The number of carboxylic acid groups (broad SMARTS) is 1. The lowest BCUT2D eigenvalue weighted by Crippen LogP contribution is -2.51. The molecule has 5 heteroatoms. The first-order valence-corrected chi connectivity index (χ1v) is 6.62. The van der Waals surface area contributed by atoms with Crippen LogP contribution in [0.5, 0.6) is 0 Å². The van der Waals surface area contributed by atoms with Crippen LogP contribution in [0.2, 0.25) is 0 Å². The van der Waals surface area contributed by atoms with E-state index in [0.29, 0.717) is 5.92 Å². The van der Waals surface area contributed by atoms with Gasteiger partial charge in [-0.25, -0.2) is 4.79 Å². The number of aliphatic carboxylic acids is 1. The molecular formula is C13H26N2O3. The van der Waals surface area contributed by atoms with E-state index in [9.17, 15) is 9.59 Å². The molecule has 0 saturated heterocycles. The van der Waals surface area contributed by atoms with Crippen molar-refractivity contribution in [2.45, 2.75) is 59.5 Å². The van der Waals surface area contributed by atoms with Crippen molar-refractivity contribution in [3.8, 4) is 0 Å². The van der Waals surface area contributed by atoms with Gasteiger partial charge in [0, 0.05) is 12.1 Å². The molecule has 2 amide bonds. The predicted octanol–water partition coefficient (Wildman–Crippen LogP) is 2.32. The first-order valence-electron chi connectivity index (χ1n) is 6.62. The molecule has 0 rings (SSSR count). The number of nitrogens with one attached hydrogen (secondary N) is 1. The van der Waals surface area contributed by atoms with Crippen LogP contribution in [0.15, 0.2) is 0 Å². The molecule has 0 radical (unpaired) electrons. The Labute approximate surface area is 110 Å². The Kier molecular flexibility index (Phi) is 7.39. The van der Waals surface area contributed by atoms with E-state index in [-0.39, 0.29) is 24.7 Å². The number of carbonyl (C=O) groups is 2. The van der Waals surface area contributed by atoms with Crippen LogP contribution in [0.4, 0.5) is 4.79 Å². The van der Waals surface area contributed by atoms with Crippen LogP contribution in [-0.2, 0) is 4.79 Å². The summed E-state index contributed by atoms with van der Waals surface area (Å²) in [7, 11) is 0. The number of hydrogen-bond acceptors (Lipinski definition) is 2. The molecule has 0 fully saturated rings. The van der Waals surface area contributed by atoms with Crippen LogP contribution in [0.1, 0.15) is 47.5 Å². The number of hydrogen-bond donors (Lipinski definition) is 2. The minimum atomic E-state index is -0.983. The second-order valence-electron chi connectivity index (χ2n) is 4.99. The standard InChI is InChI=1S/C13H26N2O3/c1-6-10(5)15(8-12(16)17)13(18)14-11(7-2)9(3)4/h9-11H,6-8H2,1-5H3,(H,14,18)(H,16,17). The van der Waals surface area contributed by atoms with Crippen molar-refractivity contribution in [3.63, 3.8) is 0 Å². The van der Waals surface area contributed by atoms with Gasteiger partial charge in [0.05, 0.1) is 0 Å². The molecule has 0 aromatic carbocycles. The third kappa shape index (κ3) is 5.38. The van der Waals surface area contributed by atoms with Crippen LogP contribution in [0, 0.1) is 5.92 Å². The number of carbonyl (C=O) groups excluding carboxylic acids is 1. The lowest BCUT2D eigenvalue weighted by Gasteiger charge is -2.30. The highest BCUT2D eigenvalue weighted by molar-refractivity contribution is 5.80. The lowest BCUT2D eigenvalue weighted by molar-refractivity contribution is -0.138. The maximum atomic E-state index is 12.1. The van der Waals surface area contributed by atoms with Crippen molar-refractivity contribution in [3.05, 3.63) is 0 Å². The highest BCUT2D eigenvalue weighted by atomic mass is 16.4. The molecule has 0 aromatic heterocycles. The van der Waals surface area contributed by atoms with Crippen LogP contribution in [-0.4, -0.2) is 40.6 Å². The molecule has 18 heavy (non-hydrogen) atoms. The third-order valence-electron chi connectivity index (χ3n) is 3.24. The van der Waals surface area contributed by atoms with Gasteiger partial charge in [0.15, 0.2) is 0 Å². The topological polar surface area (TPSA) is 69.6 Å². The zero-order valence-electron chi connectivity index (χ0n) is 12.1. The summed E-state index contributed by atoms with van der Waals surface area (Å²) < 4.78 is 0. The first kappa shape index (κ1) is 16.7. The van der Waals surface area contributed by atoms with Gasteiger partial charge in [0.2, 0.25) is 0 Å². The summed E-state index contributed by atoms with van der Waals surface area (Å²) in [6.45, 7) is 9.63. The van der Waals surface area contributed by atoms with Gasteiger partial charge in [0.1, 0.15) is 6.54 Å². The Morgan fingerprint density at radius 1 is 1.17 bits per heavy atom. The molecule has 5 nitrogen and oxygen atoms in total. The Morgan fingerprint density at radius 2 is 1.72 bits per heavy atom. The fourth-order valence-electron chi connectivity index (χ4n) is 1.78. The molecule has 0 aromatic rings. The molecule has 0 heterocycles. The summed E-state index contributed by atoms with van der Waals surface area (Å²) in [5.41, 5.74) is 0. The van der Waals surface area contributed by atoms with E-state index in [2.05, 4.69) is 5.32 Å². The number of nitrogens with zero attached hydrogens (tertiary/aromatic N) is 1. The Balaban J connectivity index is 4.69.